The number of benzene rings is 1. The van der Waals surface area contributed by atoms with E-state index in [1.54, 1.807) is 0 Å². The Kier molecular flexibility index (Phi) is 5.34. The van der Waals surface area contributed by atoms with Gasteiger partial charge in [-0.25, -0.2) is 4.79 Å². The van der Waals surface area contributed by atoms with Crippen molar-refractivity contribution in [3.8, 4) is 0 Å². The van der Waals surface area contributed by atoms with E-state index < -0.39 is 0 Å². The molecule has 1 N–H and O–H groups in total. The normalized spacial score (nSPS) is 18.6. The molecule has 0 unspecified atom stereocenters. The molecule has 0 bridgehead atoms. The molecule has 5 rings (SSSR count). The Bertz CT molecular complexity index is 1210. The van der Waals surface area contributed by atoms with Crippen molar-refractivity contribution in [2.75, 3.05) is 13.2 Å². The molecule has 1 aliphatic heterocycles. The van der Waals surface area contributed by atoms with E-state index in [4.69, 9.17) is 13.6 Å². The van der Waals surface area contributed by atoms with Gasteiger partial charge in [0.05, 0.1) is 6.10 Å². The van der Waals surface area contributed by atoms with Gasteiger partial charge in [0.25, 0.3) is 0 Å². The number of aryl methyl sites for hydroxylation is 4. The Morgan fingerprint density at radius 1 is 1.06 bits per heavy atom. The summed E-state index contributed by atoms with van der Waals surface area (Å²) in [5.74, 6) is 1.01. The molecule has 0 saturated carbocycles. The summed E-state index contributed by atoms with van der Waals surface area (Å²) in [6.07, 6.45) is 7.09. The van der Waals surface area contributed by atoms with E-state index in [2.05, 4.69) is 11.4 Å². The topological polar surface area (TPSA) is 81.7 Å². The number of furan rings is 1. The second kappa shape index (κ2) is 8.15. The van der Waals surface area contributed by atoms with Crippen LogP contribution in [0, 0.1) is 13.8 Å². The molecule has 6 nitrogen and oxygen atoms in total. The van der Waals surface area contributed by atoms with Crippen molar-refractivity contribution < 1.29 is 18.4 Å². The number of nitrogens with one attached hydrogen (secondary N) is 1. The summed E-state index contributed by atoms with van der Waals surface area (Å²) in [6, 6.07) is 2.12. The third-order valence-electron chi connectivity index (χ3n) is 6.88. The molecule has 1 aromatic carbocycles. The van der Waals surface area contributed by atoms with Crippen LogP contribution < -0.4 is 10.9 Å². The van der Waals surface area contributed by atoms with Gasteiger partial charge in [0.2, 0.25) is 5.91 Å². The Morgan fingerprint density at radius 3 is 2.68 bits per heavy atom. The molecule has 3 heterocycles. The highest BCUT2D eigenvalue weighted by Gasteiger charge is 2.23. The van der Waals surface area contributed by atoms with Gasteiger partial charge >= 0.3 is 5.63 Å². The van der Waals surface area contributed by atoms with Crippen LogP contribution in [0.3, 0.4) is 0 Å². The molecule has 1 atom stereocenters. The molecule has 164 valence electrons. The Hall–Kier alpha value is -2.60. The van der Waals surface area contributed by atoms with Gasteiger partial charge in [0.1, 0.15) is 16.9 Å². The highest BCUT2D eigenvalue weighted by molar-refractivity contribution is 6.00. The minimum atomic E-state index is -0.365. The monoisotopic (exact) mass is 423 g/mol. The fourth-order valence-corrected chi connectivity index (χ4v) is 5.07. The van der Waals surface area contributed by atoms with Gasteiger partial charge in [0.15, 0.2) is 0 Å². The summed E-state index contributed by atoms with van der Waals surface area (Å²) >= 11 is 0. The summed E-state index contributed by atoms with van der Waals surface area (Å²) in [4.78, 5) is 25.1. The first-order chi connectivity index (χ1) is 15.0. The first-order valence-corrected chi connectivity index (χ1v) is 11.4. The number of carbonyl (C=O) groups is 1. The zero-order valence-electron chi connectivity index (χ0n) is 18.3. The van der Waals surface area contributed by atoms with Crippen LogP contribution in [0.4, 0.5) is 0 Å². The van der Waals surface area contributed by atoms with Gasteiger partial charge in [-0.1, -0.05) is 0 Å². The number of amides is 1. The van der Waals surface area contributed by atoms with E-state index in [9.17, 15) is 9.59 Å². The number of carbonyl (C=O) groups excluding carboxylic acids is 1. The van der Waals surface area contributed by atoms with Crippen molar-refractivity contribution in [3.05, 3.63) is 44.5 Å². The summed E-state index contributed by atoms with van der Waals surface area (Å²) < 4.78 is 17.5. The molecule has 1 amide bonds. The number of fused-ring (bicyclic) bond motifs is 4. The lowest BCUT2D eigenvalue weighted by molar-refractivity contribution is -0.121. The molecule has 2 aliphatic rings. The minimum absolute atomic E-state index is 0.0649. The average Bonchev–Trinajstić information content (AvgIpc) is 3.41. The molecule has 0 spiro atoms. The Morgan fingerprint density at radius 2 is 1.87 bits per heavy atom. The predicted molar refractivity (Wildman–Crippen MR) is 119 cm³/mol. The van der Waals surface area contributed by atoms with Gasteiger partial charge < -0.3 is 18.9 Å². The Labute approximate surface area is 180 Å². The summed E-state index contributed by atoms with van der Waals surface area (Å²) in [6.45, 7) is 5.22. The summed E-state index contributed by atoms with van der Waals surface area (Å²) in [5, 5.41) is 5.00. The first-order valence-electron chi connectivity index (χ1n) is 11.4. The van der Waals surface area contributed by atoms with Gasteiger partial charge in [-0.3, -0.25) is 4.79 Å². The maximum atomic E-state index is 12.8. The molecule has 1 fully saturated rings. The van der Waals surface area contributed by atoms with Crippen molar-refractivity contribution >= 4 is 27.8 Å². The van der Waals surface area contributed by atoms with Crippen molar-refractivity contribution in [2.24, 2.45) is 0 Å². The molecule has 1 aliphatic carbocycles. The van der Waals surface area contributed by atoms with Gasteiger partial charge in [0, 0.05) is 53.5 Å². The lowest BCUT2D eigenvalue weighted by atomic mass is 9.93. The zero-order chi connectivity index (χ0) is 21.5. The van der Waals surface area contributed by atoms with Crippen LogP contribution in [0.2, 0.25) is 0 Å². The van der Waals surface area contributed by atoms with Gasteiger partial charge in [-0.2, -0.15) is 0 Å². The minimum Gasteiger partial charge on any atom is -0.460 e. The Balaban J connectivity index is 1.44. The largest absolute Gasteiger partial charge is 0.460 e. The first kappa shape index (κ1) is 20.3. The van der Waals surface area contributed by atoms with E-state index >= 15 is 0 Å². The summed E-state index contributed by atoms with van der Waals surface area (Å²) in [5.41, 5.74) is 4.71. The molecular formula is C25H29NO5. The van der Waals surface area contributed by atoms with Crippen LogP contribution >= 0.6 is 0 Å². The maximum absolute atomic E-state index is 12.8. The second-order valence-corrected chi connectivity index (χ2v) is 8.90. The molecule has 2 aromatic heterocycles. The van der Waals surface area contributed by atoms with E-state index in [1.807, 2.05) is 13.8 Å². The fourth-order valence-electron chi connectivity index (χ4n) is 5.07. The van der Waals surface area contributed by atoms with E-state index in [1.165, 1.54) is 12.0 Å². The quantitative estimate of drug-likeness (QED) is 0.620. The third-order valence-corrected chi connectivity index (χ3v) is 6.88. The highest BCUT2D eigenvalue weighted by Crippen LogP contribution is 2.37. The van der Waals surface area contributed by atoms with Crippen molar-refractivity contribution in [2.45, 2.75) is 71.3 Å². The molecule has 0 radical (unpaired) electrons. The average molecular weight is 424 g/mol. The number of rotatable bonds is 5. The number of hydrogen-bond donors (Lipinski definition) is 1. The SMILES string of the molecule is Cc1c(CCC(=O)NC[C@@H]2CCCO2)c(=O)oc2c(C)c3oc4c(c3cc12)CCCC4. The van der Waals surface area contributed by atoms with Crippen LogP contribution in [0.25, 0.3) is 21.9 Å². The fraction of sp³-hybridized carbons (Fsp3) is 0.520. The van der Waals surface area contributed by atoms with Gasteiger partial charge in [-0.15, -0.1) is 0 Å². The van der Waals surface area contributed by atoms with Crippen LogP contribution in [-0.4, -0.2) is 25.2 Å². The van der Waals surface area contributed by atoms with Crippen LogP contribution in [0.1, 0.15) is 60.1 Å². The number of ether oxygens (including phenoxy) is 1. The highest BCUT2D eigenvalue weighted by atomic mass is 16.5. The lowest BCUT2D eigenvalue weighted by Gasteiger charge is -2.12. The van der Waals surface area contributed by atoms with Crippen molar-refractivity contribution in [1.29, 1.82) is 0 Å². The predicted octanol–water partition coefficient (Wildman–Crippen LogP) is 4.26. The number of hydrogen-bond acceptors (Lipinski definition) is 5. The van der Waals surface area contributed by atoms with Crippen LogP contribution in [0.15, 0.2) is 19.7 Å². The van der Waals surface area contributed by atoms with Gasteiger partial charge in [-0.05, 0) is 64.0 Å². The van der Waals surface area contributed by atoms with Crippen molar-refractivity contribution in [3.63, 3.8) is 0 Å². The molecule has 1 saturated heterocycles. The van der Waals surface area contributed by atoms with Crippen LogP contribution in [-0.2, 0) is 28.8 Å². The lowest BCUT2D eigenvalue weighted by Crippen LogP contribution is -2.32. The van der Waals surface area contributed by atoms with Crippen LogP contribution in [0.5, 0.6) is 0 Å². The molecular weight excluding hydrogens is 394 g/mol. The zero-order valence-corrected chi connectivity index (χ0v) is 18.3. The molecule has 31 heavy (non-hydrogen) atoms. The smallest absolute Gasteiger partial charge is 0.339 e. The van der Waals surface area contributed by atoms with E-state index in [0.29, 0.717) is 24.1 Å². The second-order valence-electron chi connectivity index (χ2n) is 8.90. The summed E-state index contributed by atoms with van der Waals surface area (Å²) in [7, 11) is 0. The van der Waals surface area contributed by atoms with E-state index in [-0.39, 0.29) is 24.1 Å². The maximum Gasteiger partial charge on any atom is 0.339 e. The standard InChI is InChI=1S/C25H29NO5/c1-14-17(9-10-22(27)26-13-16-6-5-11-29-16)25(28)31-23-15(2)24-20(12-19(14)23)18-7-3-4-8-21(18)30-24/h12,16H,3-11,13H2,1-2H3,(H,26,27)/t16-/m0/s1. The van der Waals surface area contributed by atoms with Crippen molar-refractivity contribution in [1.82, 2.24) is 5.32 Å². The molecule has 6 heteroatoms. The third kappa shape index (κ3) is 3.67. The van der Waals surface area contributed by atoms with E-state index in [0.717, 1.165) is 72.0 Å². The molecule has 3 aromatic rings.